The van der Waals surface area contributed by atoms with Crippen LogP contribution in [-0.4, -0.2) is 10.8 Å². The number of pyridine rings is 1. The van der Waals surface area contributed by atoms with E-state index >= 15 is 0 Å². The van der Waals surface area contributed by atoms with E-state index in [-0.39, 0.29) is 0 Å². The van der Waals surface area contributed by atoms with Gasteiger partial charge in [0.2, 0.25) is 0 Å². The van der Waals surface area contributed by atoms with Crippen LogP contribution < -0.4 is 0 Å². The molecule has 0 aliphatic heterocycles. The smallest absolute Gasteiger partial charge is 0.163 e. The molecule has 2 aliphatic rings. The summed E-state index contributed by atoms with van der Waals surface area (Å²) >= 11 is 0. The van der Waals surface area contributed by atoms with Crippen molar-refractivity contribution in [3.8, 4) is 0 Å². The lowest BCUT2D eigenvalue weighted by Gasteiger charge is -2.29. The molecule has 1 saturated carbocycles. The summed E-state index contributed by atoms with van der Waals surface area (Å²) < 4.78 is 0. The van der Waals surface area contributed by atoms with Gasteiger partial charge < -0.3 is 0 Å². The van der Waals surface area contributed by atoms with Crippen LogP contribution >= 0.6 is 0 Å². The Morgan fingerprint density at radius 3 is 2.72 bits per heavy atom. The average molecular weight is 241 g/mol. The zero-order valence-electron chi connectivity index (χ0n) is 11.1. The predicted molar refractivity (Wildman–Crippen MR) is 72.4 cm³/mol. The van der Waals surface area contributed by atoms with E-state index in [9.17, 15) is 4.79 Å². The first-order chi connectivity index (χ1) is 8.65. The number of nitrogens with zero attached hydrogens (tertiary/aromatic N) is 1. The van der Waals surface area contributed by atoms with Crippen LogP contribution in [0.1, 0.15) is 55.8 Å². The maximum atomic E-state index is 12.2. The highest BCUT2D eigenvalue weighted by Gasteiger charge is 2.29. The minimum absolute atomic E-state index is 0.315. The second-order valence-electron chi connectivity index (χ2n) is 5.80. The van der Waals surface area contributed by atoms with Crippen molar-refractivity contribution in [3.05, 3.63) is 34.7 Å². The van der Waals surface area contributed by atoms with Crippen LogP contribution in [0.15, 0.2) is 17.8 Å². The zero-order chi connectivity index (χ0) is 12.7. The standard InChI is InChI=1S/C16H19NO/c1-10(2)13-6-12-7-16(18)14(11-4-3-5-11)8-15(12)17-9-13/h6,8-11H,3-5,7H2,1-2H3. The van der Waals surface area contributed by atoms with Crippen LogP contribution in [0.5, 0.6) is 0 Å². The zero-order valence-corrected chi connectivity index (χ0v) is 11.1. The van der Waals surface area contributed by atoms with Crippen LogP contribution in [0.25, 0.3) is 6.08 Å². The number of rotatable bonds is 2. The minimum atomic E-state index is 0.315. The lowest BCUT2D eigenvalue weighted by Crippen LogP contribution is -2.24. The molecule has 1 heterocycles. The SMILES string of the molecule is CC(C)c1cnc2c(c1)CC(=O)C(C1CCC1)=C2. The lowest BCUT2D eigenvalue weighted by molar-refractivity contribution is -0.115. The molecular formula is C16H19NO. The summed E-state index contributed by atoms with van der Waals surface area (Å²) in [4.78, 5) is 16.7. The highest BCUT2D eigenvalue weighted by atomic mass is 16.1. The van der Waals surface area contributed by atoms with Gasteiger partial charge in [0, 0.05) is 18.2 Å². The van der Waals surface area contributed by atoms with Crippen molar-refractivity contribution >= 4 is 11.9 Å². The maximum absolute atomic E-state index is 12.2. The molecule has 2 heteroatoms. The molecule has 2 aliphatic carbocycles. The number of hydrogen-bond donors (Lipinski definition) is 0. The van der Waals surface area contributed by atoms with Gasteiger partial charge in [-0.25, -0.2) is 0 Å². The Morgan fingerprint density at radius 1 is 1.33 bits per heavy atom. The average Bonchev–Trinajstić information content (AvgIpc) is 2.27. The van der Waals surface area contributed by atoms with Gasteiger partial charge >= 0.3 is 0 Å². The number of carbonyl (C=O) groups excluding carboxylic acids is 1. The van der Waals surface area contributed by atoms with Gasteiger partial charge in [-0.3, -0.25) is 9.78 Å². The Hall–Kier alpha value is -1.44. The molecule has 0 unspecified atom stereocenters. The second-order valence-corrected chi connectivity index (χ2v) is 5.80. The molecular weight excluding hydrogens is 222 g/mol. The molecule has 3 rings (SSSR count). The summed E-state index contributed by atoms with van der Waals surface area (Å²) in [5, 5.41) is 0. The van der Waals surface area contributed by atoms with Crippen molar-refractivity contribution in [1.29, 1.82) is 0 Å². The van der Waals surface area contributed by atoms with Gasteiger partial charge in [-0.2, -0.15) is 0 Å². The summed E-state index contributed by atoms with van der Waals surface area (Å²) in [6, 6.07) is 2.15. The fourth-order valence-corrected chi connectivity index (χ4v) is 2.69. The largest absolute Gasteiger partial charge is 0.294 e. The van der Waals surface area contributed by atoms with Gasteiger partial charge in [0.15, 0.2) is 5.78 Å². The summed E-state index contributed by atoms with van der Waals surface area (Å²) in [7, 11) is 0. The van der Waals surface area contributed by atoms with Gasteiger partial charge in [0.25, 0.3) is 0 Å². The number of fused-ring (bicyclic) bond motifs is 1. The third kappa shape index (κ3) is 1.90. The topological polar surface area (TPSA) is 30.0 Å². The predicted octanol–water partition coefficient (Wildman–Crippen LogP) is 3.51. The van der Waals surface area contributed by atoms with E-state index in [1.807, 2.05) is 12.3 Å². The molecule has 1 fully saturated rings. The van der Waals surface area contributed by atoms with E-state index in [2.05, 4.69) is 24.9 Å². The minimum Gasteiger partial charge on any atom is -0.294 e. The van der Waals surface area contributed by atoms with Gasteiger partial charge in [0.1, 0.15) is 0 Å². The van der Waals surface area contributed by atoms with Crippen molar-refractivity contribution in [2.24, 2.45) is 5.92 Å². The lowest BCUT2D eigenvalue weighted by atomic mass is 9.75. The van der Waals surface area contributed by atoms with E-state index in [0.717, 1.165) is 16.8 Å². The van der Waals surface area contributed by atoms with Crippen molar-refractivity contribution in [1.82, 2.24) is 4.98 Å². The normalized spacial score (nSPS) is 19.5. The molecule has 0 radical (unpaired) electrons. The first-order valence-corrected chi connectivity index (χ1v) is 6.88. The fraction of sp³-hybridized carbons (Fsp3) is 0.500. The Bertz CT molecular complexity index is 524. The molecule has 0 amide bonds. The first-order valence-electron chi connectivity index (χ1n) is 6.88. The highest BCUT2D eigenvalue weighted by molar-refractivity contribution is 6.03. The summed E-state index contributed by atoms with van der Waals surface area (Å²) in [6.45, 7) is 4.31. The van der Waals surface area contributed by atoms with E-state index in [1.165, 1.54) is 24.8 Å². The Morgan fingerprint density at radius 2 is 2.11 bits per heavy atom. The summed E-state index contributed by atoms with van der Waals surface area (Å²) in [6.07, 6.45) is 8.16. The third-order valence-corrected chi connectivity index (χ3v) is 4.20. The van der Waals surface area contributed by atoms with Crippen LogP contribution in [0.3, 0.4) is 0 Å². The Balaban J connectivity index is 1.97. The number of allylic oxidation sites excluding steroid dienone is 1. The number of ketones is 1. The molecule has 18 heavy (non-hydrogen) atoms. The van der Waals surface area contributed by atoms with Gasteiger partial charge in [-0.05, 0) is 41.9 Å². The number of carbonyl (C=O) groups is 1. The first kappa shape index (κ1) is 11.6. The monoisotopic (exact) mass is 241 g/mol. The van der Waals surface area contributed by atoms with Crippen LogP contribution in [0.4, 0.5) is 0 Å². The molecule has 0 spiro atoms. The Labute approximate surface area is 108 Å². The van der Waals surface area contributed by atoms with Crippen molar-refractivity contribution in [3.63, 3.8) is 0 Å². The molecule has 2 nitrogen and oxygen atoms in total. The van der Waals surface area contributed by atoms with Crippen LogP contribution in [0, 0.1) is 5.92 Å². The van der Waals surface area contributed by atoms with Gasteiger partial charge in [-0.15, -0.1) is 0 Å². The van der Waals surface area contributed by atoms with E-state index in [4.69, 9.17) is 0 Å². The van der Waals surface area contributed by atoms with Crippen molar-refractivity contribution in [2.45, 2.75) is 45.4 Å². The molecule has 0 aromatic carbocycles. The van der Waals surface area contributed by atoms with E-state index < -0.39 is 0 Å². The molecule has 0 atom stereocenters. The fourth-order valence-electron chi connectivity index (χ4n) is 2.69. The maximum Gasteiger partial charge on any atom is 0.163 e. The third-order valence-electron chi connectivity index (χ3n) is 4.20. The molecule has 1 aromatic heterocycles. The van der Waals surface area contributed by atoms with Crippen LogP contribution in [0.2, 0.25) is 0 Å². The number of aromatic nitrogens is 1. The molecule has 0 N–H and O–H groups in total. The van der Waals surface area contributed by atoms with Crippen molar-refractivity contribution in [2.75, 3.05) is 0 Å². The van der Waals surface area contributed by atoms with Gasteiger partial charge in [-0.1, -0.05) is 26.3 Å². The second kappa shape index (κ2) is 4.34. The molecule has 0 bridgehead atoms. The summed E-state index contributed by atoms with van der Waals surface area (Å²) in [5.74, 6) is 1.29. The van der Waals surface area contributed by atoms with E-state index in [0.29, 0.717) is 24.0 Å². The van der Waals surface area contributed by atoms with Crippen LogP contribution in [-0.2, 0) is 11.2 Å². The number of hydrogen-bond acceptors (Lipinski definition) is 2. The Kier molecular flexibility index (Phi) is 2.81. The number of Topliss-reactive ketones (excluding diaryl/α,β-unsaturated/α-hetero) is 1. The highest BCUT2D eigenvalue weighted by Crippen LogP contribution is 2.37. The van der Waals surface area contributed by atoms with Crippen molar-refractivity contribution < 1.29 is 4.79 Å². The molecule has 0 saturated heterocycles. The summed E-state index contributed by atoms with van der Waals surface area (Å²) in [5.41, 5.74) is 4.37. The van der Waals surface area contributed by atoms with Gasteiger partial charge in [0.05, 0.1) is 5.69 Å². The van der Waals surface area contributed by atoms with E-state index in [1.54, 1.807) is 0 Å². The quantitative estimate of drug-likeness (QED) is 0.793. The molecule has 1 aromatic rings. The molecule has 94 valence electrons.